The summed E-state index contributed by atoms with van der Waals surface area (Å²) in [6.07, 6.45) is 14.6. The fourth-order valence-electron chi connectivity index (χ4n) is 5.50. The third-order valence-electron chi connectivity index (χ3n) is 7.37. The Labute approximate surface area is 183 Å². The minimum Gasteiger partial charge on any atom is -0.312 e. The number of nitrogens with one attached hydrogen (secondary N) is 1. The van der Waals surface area contributed by atoms with E-state index >= 15 is 0 Å². The molecule has 4 heterocycles. The Kier molecular flexibility index (Phi) is 5.79. The first-order valence-corrected chi connectivity index (χ1v) is 12.4. The van der Waals surface area contributed by atoms with Gasteiger partial charge < -0.3 is 4.90 Å². The maximum absolute atomic E-state index is 13.3. The van der Waals surface area contributed by atoms with Crippen LogP contribution in [-0.2, 0) is 0 Å². The van der Waals surface area contributed by atoms with Crippen molar-refractivity contribution < 1.29 is 4.79 Å². The molecule has 3 aliphatic rings. The van der Waals surface area contributed by atoms with Gasteiger partial charge >= 0.3 is 0 Å². The van der Waals surface area contributed by atoms with Crippen LogP contribution in [-0.4, -0.2) is 45.5 Å². The molecular formula is C24H32N4OS. The summed E-state index contributed by atoms with van der Waals surface area (Å²) >= 11 is 1.78. The van der Waals surface area contributed by atoms with Crippen molar-refractivity contribution in [2.24, 2.45) is 5.92 Å². The maximum atomic E-state index is 13.3. The molecule has 0 bridgehead atoms. The van der Waals surface area contributed by atoms with E-state index in [0.29, 0.717) is 17.9 Å². The van der Waals surface area contributed by atoms with Gasteiger partial charge in [0, 0.05) is 40.3 Å². The van der Waals surface area contributed by atoms with Crippen LogP contribution in [0.2, 0.25) is 0 Å². The Morgan fingerprint density at radius 1 is 1.17 bits per heavy atom. The predicted molar refractivity (Wildman–Crippen MR) is 121 cm³/mol. The van der Waals surface area contributed by atoms with Gasteiger partial charge in [-0.2, -0.15) is 5.10 Å². The minimum atomic E-state index is 0.223. The van der Waals surface area contributed by atoms with Crippen LogP contribution in [0, 0.1) is 5.92 Å². The standard InChI is InChI=1S/C24H32N4OS/c1-17(21-14-25-26-15-21)27-11-8-19(9-12-27)23-13-20(16-30-23)24(29)28-10-4-6-18-5-2-3-7-22(18)28/h7,13-19H,2-6,8-12H2,1H3,(H,25,26). The van der Waals surface area contributed by atoms with Gasteiger partial charge in [-0.25, -0.2) is 0 Å². The van der Waals surface area contributed by atoms with Crippen molar-refractivity contribution in [2.75, 3.05) is 19.6 Å². The van der Waals surface area contributed by atoms with E-state index in [0.717, 1.165) is 50.9 Å². The molecule has 5 nitrogen and oxygen atoms in total. The van der Waals surface area contributed by atoms with E-state index in [2.05, 4.69) is 44.4 Å². The fourth-order valence-corrected chi connectivity index (χ4v) is 6.56. The van der Waals surface area contributed by atoms with Gasteiger partial charge in [-0.05, 0) is 82.9 Å². The highest BCUT2D eigenvalue weighted by Crippen LogP contribution is 2.38. The zero-order chi connectivity index (χ0) is 20.5. The van der Waals surface area contributed by atoms with Crippen LogP contribution in [0.1, 0.15) is 84.6 Å². The molecule has 1 amide bonds. The van der Waals surface area contributed by atoms with Gasteiger partial charge in [0.2, 0.25) is 0 Å². The van der Waals surface area contributed by atoms with Crippen molar-refractivity contribution in [3.05, 3.63) is 51.6 Å². The Morgan fingerprint density at radius 2 is 2.00 bits per heavy atom. The number of carbonyl (C=O) groups excluding carboxylic acids is 1. The average Bonchev–Trinajstić information content (AvgIpc) is 3.50. The van der Waals surface area contributed by atoms with Crippen LogP contribution >= 0.6 is 11.3 Å². The Balaban J connectivity index is 1.23. The summed E-state index contributed by atoms with van der Waals surface area (Å²) in [4.78, 5) is 19.3. The highest BCUT2D eigenvalue weighted by molar-refractivity contribution is 7.10. The van der Waals surface area contributed by atoms with Gasteiger partial charge in [0.05, 0.1) is 11.8 Å². The van der Waals surface area contributed by atoms with Crippen molar-refractivity contribution >= 4 is 17.2 Å². The first kappa shape index (κ1) is 20.0. The molecule has 0 saturated carbocycles. The highest BCUT2D eigenvalue weighted by atomic mass is 32.1. The lowest BCUT2D eigenvalue weighted by molar-refractivity contribution is 0.0749. The van der Waals surface area contributed by atoms with Crippen molar-refractivity contribution in [3.63, 3.8) is 0 Å². The SMILES string of the molecule is CC(c1cn[nH]c1)N1CCC(c2cc(C(=O)N3CCCC4CCCC=C43)cs2)CC1. The average molecular weight is 425 g/mol. The summed E-state index contributed by atoms with van der Waals surface area (Å²) in [6.45, 7) is 5.34. The summed E-state index contributed by atoms with van der Waals surface area (Å²) in [5.74, 6) is 1.41. The molecule has 0 spiro atoms. The first-order valence-electron chi connectivity index (χ1n) is 11.5. The summed E-state index contributed by atoms with van der Waals surface area (Å²) < 4.78 is 0. The molecule has 2 saturated heterocycles. The monoisotopic (exact) mass is 424 g/mol. The number of hydrogen-bond acceptors (Lipinski definition) is 4. The molecule has 0 radical (unpaired) electrons. The fraction of sp³-hybridized carbons (Fsp3) is 0.583. The van der Waals surface area contributed by atoms with E-state index in [9.17, 15) is 4.79 Å². The van der Waals surface area contributed by atoms with Crippen molar-refractivity contribution in [1.29, 1.82) is 0 Å². The summed E-state index contributed by atoms with van der Waals surface area (Å²) in [6, 6.07) is 2.60. The van der Waals surface area contributed by atoms with Crippen LogP contribution in [0.3, 0.4) is 0 Å². The number of thiophene rings is 1. The number of fused-ring (bicyclic) bond motifs is 1. The van der Waals surface area contributed by atoms with E-state index in [4.69, 9.17) is 0 Å². The van der Waals surface area contributed by atoms with E-state index in [1.807, 2.05) is 12.4 Å². The van der Waals surface area contributed by atoms with Crippen LogP contribution in [0.15, 0.2) is 35.6 Å². The zero-order valence-corrected chi connectivity index (χ0v) is 18.7. The van der Waals surface area contributed by atoms with Gasteiger partial charge in [0.1, 0.15) is 0 Å². The van der Waals surface area contributed by atoms with Crippen molar-refractivity contribution in [1.82, 2.24) is 20.0 Å². The molecule has 2 aliphatic heterocycles. The van der Waals surface area contributed by atoms with Gasteiger partial charge in [0.25, 0.3) is 5.91 Å². The molecule has 2 aromatic rings. The van der Waals surface area contributed by atoms with Crippen LogP contribution < -0.4 is 0 Å². The number of aromatic amines is 1. The van der Waals surface area contributed by atoms with E-state index in [1.54, 1.807) is 11.3 Å². The molecule has 1 N–H and O–H groups in total. The molecular weight excluding hydrogens is 392 g/mol. The number of rotatable bonds is 4. The molecule has 2 atom stereocenters. The molecule has 30 heavy (non-hydrogen) atoms. The Bertz CT molecular complexity index is 894. The number of hydrogen-bond donors (Lipinski definition) is 1. The normalized spacial score (nSPS) is 24.4. The predicted octanol–water partition coefficient (Wildman–Crippen LogP) is 5.33. The van der Waals surface area contributed by atoms with Crippen LogP contribution in [0.25, 0.3) is 0 Å². The van der Waals surface area contributed by atoms with E-state index in [1.165, 1.54) is 35.4 Å². The van der Waals surface area contributed by atoms with Gasteiger partial charge in [-0.3, -0.25) is 14.8 Å². The van der Waals surface area contributed by atoms with Crippen molar-refractivity contribution in [3.8, 4) is 0 Å². The third kappa shape index (κ3) is 3.87. The molecule has 2 aromatic heterocycles. The second-order valence-electron chi connectivity index (χ2n) is 9.11. The number of allylic oxidation sites excluding steroid dienone is 2. The second-order valence-corrected chi connectivity index (χ2v) is 10.1. The van der Waals surface area contributed by atoms with Crippen LogP contribution in [0.5, 0.6) is 0 Å². The number of likely N-dealkylation sites (tertiary alicyclic amines) is 2. The van der Waals surface area contributed by atoms with Crippen LogP contribution in [0.4, 0.5) is 0 Å². The lowest BCUT2D eigenvalue weighted by Gasteiger charge is -2.38. The molecule has 160 valence electrons. The largest absolute Gasteiger partial charge is 0.312 e. The topological polar surface area (TPSA) is 52.2 Å². The molecule has 2 fully saturated rings. The number of H-pyrrole nitrogens is 1. The summed E-state index contributed by atoms with van der Waals surface area (Å²) in [5, 5.41) is 9.12. The van der Waals surface area contributed by atoms with Crippen molar-refractivity contribution in [2.45, 2.75) is 63.8 Å². The smallest absolute Gasteiger partial charge is 0.258 e. The number of amides is 1. The number of nitrogens with zero attached hydrogens (tertiary/aromatic N) is 3. The van der Waals surface area contributed by atoms with Gasteiger partial charge in [-0.1, -0.05) is 6.08 Å². The maximum Gasteiger partial charge on any atom is 0.258 e. The number of aromatic nitrogens is 2. The highest BCUT2D eigenvalue weighted by Gasteiger charge is 2.32. The summed E-state index contributed by atoms with van der Waals surface area (Å²) in [5.41, 5.74) is 3.47. The Morgan fingerprint density at radius 3 is 2.80 bits per heavy atom. The molecule has 6 heteroatoms. The number of piperidine rings is 2. The lowest BCUT2D eigenvalue weighted by atomic mass is 9.84. The third-order valence-corrected chi connectivity index (χ3v) is 8.46. The van der Waals surface area contributed by atoms with Gasteiger partial charge in [-0.15, -0.1) is 11.3 Å². The molecule has 2 unspecified atom stereocenters. The lowest BCUT2D eigenvalue weighted by Crippen LogP contribution is -2.38. The van der Waals surface area contributed by atoms with E-state index < -0.39 is 0 Å². The minimum absolute atomic E-state index is 0.223. The number of carbonyl (C=O) groups is 1. The van der Waals surface area contributed by atoms with E-state index in [-0.39, 0.29) is 5.91 Å². The van der Waals surface area contributed by atoms with Gasteiger partial charge in [0.15, 0.2) is 0 Å². The first-order chi connectivity index (χ1) is 14.7. The molecule has 0 aromatic carbocycles. The molecule has 1 aliphatic carbocycles. The molecule has 5 rings (SSSR count). The quantitative estimate of drug-likeness (QED) is 0.721. The Hall–Kier alpha value is -1.92. The zero-order valence-electron chi connectivity index (χ0n) is 17.8. The second kappa shape index (κ2) is 8.67. The summed E-state index contributed by atoms with van der Waals surface area (Å²) in [7, 11) is 0.